The smallest absolute Gasteiger partial charge is 0.489 e. The molecule has 0 radical (unpaired) electrons. The minimum atomic E-state index is -4.74. The van der Waals surface area contributed by atoms with Gasteiger partial charge in [-0.2, -0.15) is 0 Å². The topological polar surface area (TPSA) is 57.4 Å². The van der Waals surface area contributed by atoms with Crippen LogP contribution in [0.1, 0.15) is 5.56 Å². The maximum Gasteiger partial charge on any atom is 0.573 e. The molecular formula is C13H10BrF3N2O2. The first-order valence-corrected chi connectivity index (χ1v) is 6.51. The number of nitrogens with two attached hydrogens (primary N) is 1. The molecule has 0 aliphatic carbocycles. The van der Waals surface area contributed by atoms with Gasteiger partial charge < -0.3 is 15.2 Å². The number of benzene rings is 1. The number of alkyl halides is 3. The second-order valence-corrected chi connectivity index (χ2v) is 4.87. The Labute approximate surface area is 126 Å². The molecule has 0 saturated heterocycles. The van der Waals surface area contributed by atoms with E-state index in [-0.39, 0.29) is 16.8 Å². The van der Waals surface area contributed by atoms with Gasteiger partial charge in [-0.3, -0.25) is 0 Å². The summed E-state index contributed by atoms with van der Waals surface area (Å²) in [5.74, 6) is 0.431. The molecule has 0 aliphatic heterocycles. The summed E-state index contributed by atoms with van der Waals surface area (Å²) in [5.41, 5.74) is 6.33. The van der Waals surface area contributed by atoms with Crippen LogP contribution < -0.4 is 15.2 Å². The van der Waals surface area contributed by atoms with E-state index in [1.54, 1.807) is 18.3 Å². The van der Waals surface area contributed by atoms with E-state index < -0.39 is 6.36 Å². The van der Waals surface area contributed by atoms with Crippen LogP contribution in [0.5, 0.6) is 11.5 Å². The van der Waals surface area contributed by atoms with Crippen molar-refractivity contribution in [2.24, 2.45) is 0 Å². The molecule has 0 fully saturated rings. The van der Waals surface area contributed by atoms with Crippen molar-refractivity contribution in [2.75, 3.05) is 5.73 Å². The highest BCUT2D eigenvalue weighted by atomic mass is 79.9. The van der Waals surface area contributed by atoms with Crippen molar-refractivity contribution in [1.82, 2.24) is 4.98 Å². The minimum absolute atomic E-state index is 0.145. The molecule has 1 aromatic carbocycles. The van der Waals surface area contributed by atoms with E-state index in [0.29, 0.717) is 11.6 Å². The first-order chi connectivity index (χ1) is 9.83. The zero-order chi connectivity index (χ0) is 15.5. The highest BCUT2D eigenvalue weighted by Crippen LogP contribution is 2.33. The lowest BCUT2D eigenvalue weighted by Crippen LogP contribution is -2.17. The lowest BCUT2D eigenvalue weighted by Gasteiger charge is -2.12. The number of nitrogens with zero attached hydrogens (tertiary/aromatic N) is 1. The third kappa shape index (κ3) is 4.82. The van der Waals surface area contributed by atoms with E-state index in [1.807, 2.05) is 0 Å². The largest absolute Gasteiger partial charge is 0.573 e. The summed E-state index contributed by atoms with van der Waals surface area (Å²) in [6.07, 6.45) is -3.19. The van der Waals surface area contributed by atoms with Gasteiger partial charge in [-0.15, -0.1) is 13.2 Å². The molecule has 0 saturated carbocycles. The van der Waals surface area contributed by atoms with Crippen LogP contribution in [-0.2, 0) is 6.61 Å². The number of hydrogen-bond donors (Lipinski definition) is 1. The van der Waals surface area contributed by atoms with Crippen molar-refractivity contribution in [3.05, 3.63) is 46.6 Å². The number of aromatic nitrogens is 1. The molecule has 112 valence electrons. The van der Waals surface area contributed by atoms with E-state index >= 15 is 0 Å². The first kappa shape index (κ1) is 15.4. The molecule has 0 spiro atoms. The van der Waals surface area contributed by atoms with Crippen LogP contribution in [0, 0.1) is 0 Å². The van der Waals surface area contributed by atoms with E-state index in [1.165, 1.54) is 18.2 Å². The second kappa shape index (κ2) is 6.21. The second-order valence-electron chi connectivity index (χ2n) is 4.02. The molecule has 1 heterocycles. The zero-order valence-corrected chi connectivity index (χ0v) is 12.1. The van der Waals surface area contributed by atoms with E-state index in [0.717, 1.165) is 5.56 Å². The maximum absolute atomic E-state index is 12.1. The molecule has 0 bridgehead atoms. The van der Waals surface area contributed by atoms with Gasteiger partial charge in [0.15, 0.2) is 0 Å². The van der Waals surface area contributed by atoms with Crippen molar-refractivity contribution in [2.45, 2.75) is 13.0 Å². The molecule has 1 aromatic heterocycles. The fraction of sp³-hybridized carbons (Fsp3) is 0.154. The van der Waals surface area contributed by atoms with Gasteiger partial charge in [0.1, 0.15) is 23.9 Å². The van der Waals surface area contributed by atoms with E-state index in [4.69, 9.17) is 10.5 Å². The number of pyridine rings is 1. The van der Waals surface area contributed by atoms with Gasteiger partial charge in [0, 0.05) is 6.20 Å². The normalized spacial score (nSPS) is 11.2. The number of hydrogen-bond acceptors (Lipinski definition) is 4. The van der Waals surface area contributed by atoms with E-state index in [2.05, 4.69) is 25.7 Å². The Kier molecular flexibility index (Phi) is 4.56. The van der Waals surface area contributed by atoms with Gasteiger partial charge in [0.2, 0.25) is 0 Å². The van der Waals surface area contributed by atoms with Crippen molar-refractivity contribution >= 4 is 21.7 Å². The molecule has 0 unspecified atom stereocenters. The van der Waals surface area contributed by atoms with Crippen molar-refractivity contribution in [3.8, 4) is 11.5 Å². The number of rotatable bonds is 4. The van der Waals surface area contributed by atoms with Crippen LogP contribution in [0.3, 0.4) is 0 Å². The van der Waals surface area contributed by atoms with Crippen molar-refractivity contribution in [1.29, 1.82) is 0 Å². The fourth-order valence-corrected chi connectivity index (χ4v) is 1.97. The fourth-order valence-electron chi connectivity index (χ4n) is 1.53. The average Bonchev–Trinajstić information content (AvgIpc) is 2.38. The Bertz CT molecular complexity index is 635. The Morgan fingerprint density at radius 3 is 2.57 bits per heavy atom. The van der Waals surface area contributed by atoms with Gasteiger partial charge in [0.05, 0.1) is 4.47 Å². The number of anilines is 1. The number of halogens is 4. The first-order valence-electron chi connectivity index (χ1n) is 5.72. The van der Waals surface area contributed by atoms with Gasteiger partial charge in [-0.25, -0.2) is 4.98 Å². The Hall–Kier alpha value is -1.96. The van der Waals surface area contributed by atoms with Gasteiger partial charge >= 0.3 is 6.36 Å². The highest BCUT2D eigenvalue weighted by molar-refractivity contribution is 9.10. The molecular weight excluding hydrogens is 353 g/mol. The predicted molar refractivity (Wildman–Crippen MR) is 73.8 cm³/mol. The molecule has 0 atom stereocenters. The van der Waals surface area contributed by atoms with Crippen LogP contribution in [0.15, 0.2) is 41.0 Å². The molecule has 2 aromatic rings. The maximum atomic E-state index is 12.1. The molecule has 4 nitrogen and oxygen atoms in total. The van der Waals surface area contributed by atoms with Crippen molar-refractivity contribution < 1.29 is 22.6 Å². The Morgan fingerprint density at radius 1 is 1.19 bits per heavy atom. The Balaban J connectivity index is 2.03. The zero-order valence-electron chi connectivity index (χ0n) is 10.5. The molecule has 0 aliphatic rings. The van der Waals surface area contributed by atoms with Crippen LogP contribution in [-0.4, -0.2) is 11.3 Å². The summed E-state index contributed by atoms with van der Waals surface area (Å²) in [4.78, 5) is 3.85. The summed E-state index contributed by atoms with van der Waals surface area (Å²) in [6.45, 7) is 0.221. The summed E-state index contributed by atoms with van der Waals surface area (Å²) < 4.78 is 45.9. The standard InChI is InChI=1S/C13H10BrF3N2O2/c14-10-6-9(1-2-11(10)21-13(15,16)17)20-7-8-3-4-19-12(18)5-8/h1-6H,7H2,(H2,18,19). The molecule has 2 rings (SSSR count). The molecule has 8 heteroatoms. The average molecular weight is 363 g/mol. The third-order valence-electron chi connectivity index (χ3n) is 2.38. The monoisotopic (exact) mass is 362 g/mol. The van der Waals surface area contributed by atoms with Crippen LogP contribution in [0.25, 0.3) is 0 Å². The molecule has 0 amide bonds. The highest BCUT2D eigenvalue weighted by Gasteiger charge is 2.31. The third-order valence-corrected chi connectivity index (χ3v) is 3.00. The molecule has 2 N–H and O–H groups in total. The minimum Gasteiger partial charge on any atom is -0.489 e. The lowest BCUT2D eigenvalue weighted by atomic mass is 10.3. The van der Waals surface area contributed by atoms with Crippen LogP contribution in [0.4, 0.5) is 19.0 Å². The number of nitrogen functional groups attached to an aromatic ring is 1. The van der Waals surface area contributed by atoms with Crippen LogP contribution >= 0.6 is 15.9 Å². The summed E-state index contributed by atoms with van der Waals surface area (Å²) in [7, 11) is 0. The van der Waals surface area contributed by atoms with Crippen LogP contribution in [0.2, 0.25) is 0 Å². The predicted octanol–water partition coefficient (Wildman–Crippen LogP) is 3.90. The van der Waals surface area contributed by atoms with Crippen molar-refractivity contribution in [3.63, 3.8) is 0 Å². The quantitative estimate of drug-likeness (QED) is 0.895. The molecule has 21 heavy (non-hydrogen) atoms. The summed E-state index contributed by atoms with van der Waals surface area (Å²) in [5, 5.41) is 0. The van der Waals surface area contributed by atoms with Gasteiger partial charge in [-0.05, 0) is 51.8 Å². The Morgan fingerprint density at radius 2 is 1.95 bits per heavy atom. The summed E-state index contributed by atoms with van der Waals surface area (Å²) in [6, 6.07) is 7.33. The lowest BCUT2D eigenvalue weighted by molar-refractivity contribution is -0.274. The number of ether oxygens (including phenoxy) is 2. The summed E-state index contributed by atoms with van der Waals surface area (Å²) >= 11 is 3.00. The van der Waals surface area contributed by atoms with E-state index in [9.17, 15) is 13.2 Å². The SMILES string of the molecule is Nc1cc(COc2ccc(OC(F)(F)F)c(Br)c2)ccn1. The van der Waals surface area contributed by atoms with Gasteiger partial charge in [0.25, 0.3) is 0 Å². The van der Waals surface area contributed by atoms with Gasteiger partial charge in [-0.1, -0.05) is 0 Å².